The van der Waals surface area contributed by atoms with Crippen molar-refractivity contribution in [2.75, 3.05) is 12.8 Å². The van der Waals surface area contributed by atoms with Gasteiger partial charge < -0.3 is 10.6 Å². The molecule has 4 heteroatoms. The zero-order valence-corrected chi connectivity index (χ0v) is 13.5. The topological polar surface area (TPSA) is 46.3 Å². The number of hydrogen-bond donors (Lipinski definition) is 1. The van der Waals surface area contributed by atoms with Crippen LogP contribution in [0.5, 0.6) is 0 Å². The van der Waals surface area contributed by atoms with Crippen LogP contribution in [-0.2, 0) is 0 Å². The first-order valence-electron chi connectivity index (χ1n) is 7.62. The van der Waals surface area contributed by atoms with Crippen molar-refractivity contribution in [1.82, 2.24) is 4.90 Å². The molecule has 0 aliphatic heterocycles. The summed E-state index contributed by atoms with van der Waals surface area (Å²) in [5.74, 6) is 0.742. The number of thiophene rings is 1. The number of carbonyl (C=O) groups excluding carboxylic acids is 1. The minimum absolute atomic E-state index is 0.147. The van der Waals surface area contributed by atoms with Crippen LogP contribution >= 0.6 is 11.3 Å². The zero-order chi connectivity index (χ0) is 15.0. The Balaban J connectivity index is 1.85. The Morgan fingerprint density at radius 3 is 2.81 bits per heavy atom. The van der Waals surface area contributed by atoms with Gasteiger partial charge in [-0.3, -0.25) is 4.79 Å². The third-order valence-electron chi connectivity index (χ3n) is 4.64. The first-order valence-corrected chi connectivity index (χ1v) is 8.44. The molecular weight excluding hydrogens is 280 g/mol. The van der Waals surface area contributed by atoms with E-state index in [0.717, 1.165) is 27.1 Å². The molecule has 1 heterocycles. The molecule has 1 fully saturated rings. The molecule has 2 unspecified atom stereocenters. The third-order valence-corrected chi connectivity index (χ3v) is 5.74. The second kappa shape index (κ2) is 5.68. The number of benzene rings is 1. The third kappa shape index (κ3) is 2.77. The van der Waals surface area contributed by atoms with Crippen molar-refractivity contribution in [2.24, 2.45) is 5.92 Å². The summed E-state index contributed by atoms with van der Waals surface area (Å²) >= 11 is 1.56. The average molecular weight is 302 g/mol. The highest BCUT2D eigenvalue weighted by Crippen LogP contribution is 2.31. The van der Waals surface area contributed by atoms with Gasteiger partial charge in [0.1, 0.15) is 0 Å². The smallest absolute Gasteiger partial charge is 0.263 e. The van der Waals surface area contributed by atoms with Crippen molar-refractivity contribution < 1.29 is 4.79 Å². The number of carbonyl (C=O) groups is 1. The largest absolute Gasteiger partial charge is 0.399 e. The van der Waals surface area contributed by atoms with Crippen molar-refractivity contribution in [3.8, 4) is 0 Å². The summed E-state index contributed by atoms with van der Waals surface area (Å²) in [5.41, 5.74) is 6.56. The summed E-state index contributed by atoms with van der Waals surface area (Å²) in [6.45, 7) is 2.26. The second-order valence-corrected chi connectivity index (χ2v) is 7.24. The molecule has 0 radical (unpaired) electrons. The SMILES string of the molecule is CC1CCCCC1N(C)C(=O)c1cc2cc(N)ccc2s1. The minimum atomic E-state index is 0.147. The first-order chi connectivity index (χ1) is 10.1. The van der Waals surface area contributed by atoms with E-state index >= 15 is 0 Å². The quantitative estimate of drug-likeness (QED) is 0.848. The molecule has 1 aliphatic rings. The monoisotopic (exact) mass is 302 g/mol. The Hall–Kier alpha value is -1.55. The Kier molecular flexibility index (Phi) is 3.89. The van der Waals surface area contributed by atoms with Crippen molar-refractivity contribution >= 4 is 33.0 Å². The summed E-state index contributed by atoms with van der Waals surface area (Å²) in [6.07, 6.45) is 4.88. The molecule has 0 spiro atoms. The fraction of sp³-hybridized carbons (Fsp3) is 0.471. The molecule has 2 atom stereocenters. The molecule has 1 amide bonds. The molecule has 3 nitrogen and oxygen atoms in total. The van der Waals surface area contributed by atoms with Crippen LogP contribution in [0.25, 0.3) is 10.1 Å². The molecule has 1 aromatic heterocycles. The van der Waals surface area contributed by atoms with Gasteiger partial charge in [0.25, 0.3) is 5.91 Å². The molecular formula is C17H22N2OS. The van der Waals surface area contributed by atoms with E-state index in [1.54, 1.807) is 11.3 Å². The number of fused-ring (bicyclic) bond motifs is 1. The fourth-order valence-electron chi connectivity index (χ4n) is 3.36. The summed E-state index contributed by atoms with van der Waals surface area (Å²) in [5, 5.41) is 1.06. The van der Waals surface area contributed by atoms with Gasteiger partial charge in [-0.2, -0.15) is 0 Å². The number of nitrogen functional groups attached to an aromatic ring is 1. The molecule has 1 aliphatic carbocycles. The lowest BCUT2D eigenvalue weighted by Gasteiger charge is -2.36. The van der Waals surface area contributed by atoms with E-state index in [9.17, 15) is 4.79 Å². The van der Waals surface area contributed by atoms with Crippen LogP contribution in [0.2, 0.25) is 0 Å². The summed E-state index contributed by atoms with van der Waals surface area (Å²) in [4.78, 5) is 15.5. The van der Waals surface area contributed by atoms with Crippen LogP contribution in [0.4, 0.5) is 5.69 Å². The normalized spacial score (nSPS) is 22.4. The van der Waals surface area contributed by atoms with Crippen molar-refractivity contribution in [3.05, 3.63) is 29.1 Å². The highest BCUT2D eigenvalue weighted by molar-refractivity contribution is 7.20. The van der Waals surface area contributed by atoms with Crippen LogP contribution in [0.3, 0.4) is 0 Å². The maximum atomic E-state index is 12.7. The van der Waals surface area contributed by atoms with Gasteiger partial charge in [-0.1, -0.05) is 19.8 Å². The second-order valence-electron chi connectivity index (χ2n) is 6.15. The van der Waals surface area contributed by atoms with Gasteiger partial charge in [0.2, 0.25) is 0 Å². The van der Waals surface area contributed by atoms with Crippen molar-refractivity contribution in [2.45, 2.75) is 38.6 Å². The molecule has 112 valence electrons. The Morgan fingerprint density at radius 1 is 1.29 bits per heavy atom. The predicted octanol–water partition coefficient (Wildman–Crippen LogP) is 4.13. The lowest BCUT2D eigenvalue weighted by atomic mass is 9.85. The Bertz CT molecular complexity index is 664. The average Bonchev–Trinajstić information content (AvgIpc) is 2.89. The van der Waals surface area contributed by atoms with Gasteiger partial charge >= 0.3 is 0 Å². The summed E-state index contributed by atoms with van der Waals surface area (Å²) < 4.78 is 1.12. The standard InChI is InChI=1S/C17H22N2OS/c1-11-5-3-4-6-14(11)19(2)17(20)16-10-12-9-13(18)7-8-15(12)21-16/h7-11,14H,3-6,18H2,1-2H3. The summed E-state index contributed by atoms with van der Waals surface area (Å²) in [7, 11) is 1.95. The Morgan fingerprint density at radius 2 is 2.05 bits per heavy atom. The lowest BCUT2D eigenvalue weighted by Crippen LogP contribution is -2.42. The predicted molar refractivity (Wildman–Crippen MR) is 89.8 cm³/mol. The highest BCUT2D eigenvalue weighted by Gasteiger charge is 2.29. The molecule has 0 bridgehead atoms. The van der Waals surface area contributed by atoms with Crippen LogP contribution in [0.15, 0.2) is 24.3 Å². The molecule has 2 N–H and O–H groups in total. The van der Waals surface area contributed by atoms with E-state index in [2.05, 4.69) is 6.92 Å². The minimum Gasteiger partial charge on any atom is -0.399 e. The summed E-state index contributed by atoms with van der Waals surface area (Å²) in [6, 6.07) is 8.17. The molecule has 3 rings (SSSR count). The number of nitrogens with two attached hydrogens (primary N) is 1. The van der Waals surface area contributed by atoms with E-state index in [0.29, 0.717) is 12.0 Å². The van der Waals surface area contributed by atoms with Gasteiger partial charge in [0.15, 0.2) is 0 Å². The van der Waals surface area contributed by atoms with Gasteiger partial charge in [0.05, 0.1) is 4.88 Å². The van der Waals surface area contributed by atoms with Crippen LogP contribution in [0.1, 0.15) is 42.3 Å². The lowest BCUT2D eigenvalue weighted by molar-refractivity contribution is 0.0634. The van der Waals surface area contributed by atoms with Crippen LogP contribution in [0, 0.1) is 5.92 Å². The van der Waals surface area contributed by atoms with E-state index in [-0.39, 0.29) is 5.91 Å². The van der Waals surface area contributed by atoms with Crippen LogP contribution in [-0.4, -0.2) is 23.9 Å². The molecule has 1 aromatic carbocycles. The van der Waals surface area contributed by atoms with Gasteiger partial charge in [-0.15, -0.1) is 11.3 Å². The first kappa shape index (κ1) is 14.4. The number of nitrogens with zero attached hydrogens (tertiary/aromatic N) is 1. The number of rotatable bonds is 2. The molecule has 2 aromatic rings. The maximum Gasteiger partial charge on any atom is 0.263 e. The van der Waals surface area contributed by atoms with E-state index < -0.39 is 0 Å². The van der Waals surface area contributed by atoms with Crippen LogP contribution < -0.4 is 5.73 Å². The van der Waals surface area contributed by atoms with Gasteiger partial charge in [0, 0.05) is 23.5 Å². The van der Waals surface area contributed by atoms with Crippen molar-refractivity contribution in [1.29, 1.82) is 0 Å². The van der Waals surface area contributed by atoms with Gasteiger partial charge in [-0.25, -0.2) is 0 Å². The zero-order valence-electron chi connectivity index (χ0n) is 12.6. The highest BCUT2D eigenvalue weighted by atomic mass is 32.1. The molecule has 0 saturated heterocycles. The Labute approximate surface area is 129 Å². The molecule has 21 heavy (non-hydrogen) atoms. The number of hydrogen-bond acceptors (Lipinski definition) is 3. The van der Waals surface area contributed by atoms with E-state index in [1.165, 1.54) is 19.3 Å². The van der Waals surface area contributed by atoms with Crippen molar-refractivity contribution in [3.63, 3.8) is 0 Å². The van der Waals surface area contributed by atoms with E-state index in [4.69, 9.17) is 5.73 Å². The van der Waals surface area contributed by atoms with Gasteiger partial charge in [-0.05, 0) is 48.4 Å². The number of amides is 1. The maximum absolute atomic E-state index is 12.7. The van der Waals surface area contributed by atoms with E-state index in [1.807, 2.05) is 36.2 Å². The fourth-order valence-corrected chi connectivity index (χ4v) is 4.39. The molecule has 1 saturated carbocycles. The number of anilines is 1.